The van der Waals surface area contributed by atoms with E-state index in [0.29, 0.717) is 34.1 Å². The van der Waals surface area contributed by atoms with E-state index < -0.39 is 10.8 Å². The van der Waals surface area contributed by atoms with Crippen LogP contribution in [0.3, 0.4) is 0 Å². The summed E-state index contributed by atoms with van der Waals surface area (Å²) in [7, 11) is 1.00. The van der Waals surface area contributed by atoms with Gasteiger partial charge in [-0.2, -0.15) is 10.5 Å². The molecule has 14 heteroatoms. The van der Waals surface area contributed by atoms with E-state index >= 15 is 0 Å². The Bertz CT molecular complexity index is 6770. The molecule has 12 nitrogen and oxygen atoms in total. The van der Waals surface area contributed by atoms with Crippen LogP contribution in [0, 0.1) is 22.7 Å². The van der Waals surface area contributed by atoms with Crippen molar-refractivity contribution in [1.82, 2.24) is 20.3 Å². The molecule has 4 N–H and O–H groups in total. The van der Waals surface area contributed by atoms with Gasteiger partial charge in [0.1, 0.15) is 34.7 Å². The lowest BCUT2D eigenvalue weighted by molar-refractivity contribution is 0.436. The molecule has 0 bridgehead atoms. The maximum Gasteiger partial charge on any atom is 0.326 e. The highest BCUT2D eigenvalue weighted by atomic mass is 35.5. The minimum absolute atomic E-state index is 0. The maximum absolute atomic E-state index is 9.63. The van der Waals surface area contributed by atoms with Gasteiger partial charge in [0.2, 0.25) is 0 Å². The number of halogens is 1. The van der Waals surface area contributed by atoms with Crippen LogP contribution in [0.2, 0.25) is 5.02 Å². The first kappa shape index (κ1) is 71.4. The number of amidine groups is 2. The molecular formula is C102H65BClN8O4. The number of rotatable bonds is 8. The van der Waals surface area contributed by atoms with Crippen LogP contribution in [0.25, 0.3) is 89.1 Å². The van der Waals surface area contributed by atoms with Gasteiger partial charge in [0, 0.05) is 60.5 Å². The molecule has 0 amide bonds. The lowest BCUT2D eigenvalue weighted by Gasteiger charge is -2.39. The number of aliphatic imine (C=N–C) groups is 2. The molecule has 1 unspecified atom stereocenters. The van der Waals surface area contributed by atoms with Crippen LogP contribution < -0.4 is 20.3 Å². The summed E-state index contributed by atoms with van der Waals surface area (Å²) in [6, 6.07) is 128. The Hall–Kier alpha value is -15.0. The van der Waals surface area contributed by atoms with Gasteiger partial charge in [0.25, 0.3) is 0 Å². The quantitative estimate of drug-likeness (QED) is 0.139. The highest BCUT2D eigenvalue weighted by molar-refractivity contribution is 6.45. The van der Waals surface area contributed by atoms with Gasteiger partial charge in [0.05, 0.1) is 34.1 Å². The van der Waals surface area contributed by atoms with E-state index in [-0.39, 0.29) is 11.6 Å². The molecule has 5 aliphatic rings. The van der Waals surface area contributed by atoms with Crippen molar-refractivity contribution in [2.24, 2.45) is 9.98 Å². The first-order valence-corrected chi connectivity index (χ1v) is 38.4. The predicted octanol–water partition coefficient (Wildman–Crippen LogP) is 21.5. The minimum Gasteiger partial charge on any atom is -0.457 e. The van der Waals surface area contributed by atoms with E-state index in [4.69, 9.17) is 56.3 Å². The number of aromatic nitrogens is 3. The molecular weight excluding hydrogens is 1450 g/mol. The fourth-order valence-corrected chi connectivity index (χ4v) is 17.7. The van der Waals surface area contributed by atoms with Gasteiger partial charge in [-0.05, 0) is 150 Å². The number of nitrogens with zero attached hydrogens (tertiary/aromatic N) is 7. The van der Waals surface area contributed by atoms with E-state index in [1.54, 1.807) is 24.3 Å². The first-order valence-electron chi connectivity index (χ1n) is 38.0. The number of para-hydroxylation sites is 4. The van der Waals surface area contributed by atoms with Crippen LogP contribution in [-0.4, -0.2) is 44.6 Å². The van der Waals surface area contributed by atoms with E-state index in [1.807, 2.05) is 140 Å². The van der Waals surface area contributed by atoms with E-state index in [2.05, 4.69) is 218 Å². The zero-order valence-electron chi connectivity index (χ0n) is 62.1. The average molecular weight is 1510 g/mol. The van der Waals surface area contributed by atoms with Gasteiger partial charge in [-0.15, -0.1) is 0 Å². The van der Waals surface area contributed by atoms with Crippen molar-refractivity contribution in [2.75, 3.05) is 0 Å². The standard InChI is InChI=1S/C51H30N4O.C44H28ClN3O.C7H5BNO.H2O/c52-31-32-23-25-33(26-24-32)40-30-44-47(38-18-8-7-17-37(38)40)39-28-27-36(29-43(39)51(44)41-19-9-11-21-45(41)56-46-22-12-10-20-42(46)51)50-54-48(34-13-3-1-4-14-34)53-49(55-50)35-15-5-2-6-16-35;45-37-26-36-40(31-18-8-7-17-30(31)37)32-24-23-29(25-35(32)44(36)33-19-9-11-21-38(33)49-39-22-12-10-20-34(39)44)43-47-41(27-13-3-1-4-14-27)46-42(48-43)28-15-5-2-6-16-28;9-5-6-1-3-7(8-10)4-2-6;/h1-30H;1-26,41H,(H,46,47,48);1-4,10H;1H2. The van der Waals surface area contributed by atoms with Crippen LogP contribution in [0.4, 0.5) is 0 Å². The zero-order chi connectivity index (χ0) is 77.1. The zero-order valence-corrected chi connectivity index (χ0v) is 62.8. The molecule has 4 heterocycles. The van der Waals surface area contributed by atoms with Crippen molar-refractivity contribution >= 4 is 57.8 Å². The molecule has 116 heavy (non-hydrogen) atoms. The van der Waals surface area contributed by atoms with Crippen LogP contribution >= 0.6 is 11.6 Å². The van der Waals surface area contributed by atoms with Crippen LogP contribution in [0.15, 0.2) is 374 Å². The van der Waals surface area contributed by atoms with Gasteiger partial charge in [-0.3, -0.25) is 0 Å². The summed E-state index contributed by atoms with van der Waals surface area (Å²) in [6.45, 7) is 0. The number of fused-ring (bicyclic) bond motifs is 22. The molecule has 0 saturated heterocycles. The maximum atomic E-state index is 9.63. The van der Waals surface area contributed by atoms with E-state index in [0.717, 1.165) is 152 Å². The van der Waals surface area contributed by atoms with Crippen molar-refractivity contribution in [3.8, 4) is 103 Å². The lowest BCUT2D eigenvalue weighted by Crippen LogP contribution is -2.36. The van der Waals surface area contributed by atoms with Gasteiger partial charge in [0.15, 0.2) is 23.6 Å². The molecule has 1 aromatic heterocycles. The Morgan fingerprint density at radius 1 is 0.336 bits per heavy atom. The average Bonchev–Trinajstić information content (AvgIpc) is 1.51. The number of nitriles is 2. The molecule has 1 radical (unpaired) electrons. The summed E-state index contributed by atoms with van der Waals surface area (Å²) in [5.41, 5.74) is 22.1. The van der Waals surface area contributed by atoms with Crippen molar-refractivity contribution in [3.05, 3.63) is 441 Å². The number of benzene rings is 16. The molecule has 22 rings (SSSR count). The number of hydrogen-bond acceptors (Lipinski definition) is 11. The topological polar surface area (TPSA) is 193 Å². The Morgan fingerprint density at radius 2 is 0.707 bits per heavy atom. The Labute approximate surface area is 675 Å². The molecule has 2 aliphatic carbocycles. The van der Waals surface area contributed by atoms with Crippen molar-refractivity contribution < 1.29 is 20.0 Å². The number of ether oxygens (including phenoxy) is 2. The summed E-state index contributed by atoms with van der Waals surface area (Å²) >= 11 is 7.17. The highest BCUT2D eigenvalue weighted by Gasteiger charge is 2.54. The van der Waals surface area contributed by atoms with Gasteiger partial charge < -0.3 is 25.3 Å². The van der Waals surface area contributed by atoms with Crippen molar-refractivity contribution in [1.29, 1.82) is 10.5 Å². The van der Waals surface area contributed by atoms with Crippen LogP contribution in [-0.2, 0) is 10.8 Å². The fourth-order valence-electron chi connectivity index (χ4n) is 17.4. The summed E-state index contributed by atoms with van der Waals surface area (Å²) < 4.78 is 13.3. The Morgan fingerprint density at radius 3 is 1.19 bits per heavy atom. The third-order valence-electron chi connectivity index (χ3n) is 22.5. The summed E-state index contributed by atoms with van der Waals surface area (Å²) in [5.74, 6) is 6.72. The summed E-state index contributed by atoms with van der Waals surface area (Å²) in [5, 5.41) is 35.3. The molecule has 547 valence electrons. The Kier molecular flexibility index (Phi) is 18.2. The second-order valence-electron chi connectivity index (χ2n) is 28.7. The fraction of sp³-hybridized carbons (Fsp3) is 0.0294. The lowest BCUT2D eigenvalue weighted by atomic mass is 9.65. The predicted molar refractivity (Wildman–Crippen MR) is 462 cm³/mol. The van der Waals surface area contributed by atoms with Crippen molar-refractivity contribution in [2.45, 2.75) is 17.0 Å². The van der Waals surface area contributed by atoms with Gasteiger partial charge in [-0.1, -0.05) is 308 Å². The molecule has 3 aliphatic heterocycles. The third-order valence-corrected chi connectivity index (χ3v) is 22.8. The first-order chi connectivity index (χ1) is 56.8. The largest absolute Gasteiger partial charge is 0.457 e. The van der Waals surface area contributed by atoms with Gasteiger partial charge in [-0.25, -0.2) is 24.9 Å². The normalized spacial score (nSPS) is 13.9. The smallest absolute Gasteiger partial charge is 0.326 e. The number of hydrogen-bond donors (Lipinski definition) is 2. The van der Waals surface area contributed by atoms with Gasteiger partial charge >= 0.3 is 7.48 Å². The Balaban J connectivity index is 0.000000138. The van der Waals surface area contributed by atoms with E-state index in [9.17, 15) is 5.26 Å². The second-order valence-corrected chi connectivity index (χ2v) is 29.2. The summed E-state index contributed by atoms with van der Waals surface area (Å²) in [4.78, 5) is 25.6. The molecule has 0 saturated carbocycles. The monoisotopic (exact) mass is 1510 g/mol. The van der Waals surface area contributed by atoms with Crippen molar-refractivity contribution in [3.63, 3.8) is 0 Å². The number of nitrogens with one attached hydrogen (secondary N) is 1. The van der Waals surface area contributed by atoms with E-state index in [1.165, 1.54) is 27.8 Å². The molecule has 0 fully saturated rings. The third kappa shape index (κ3) is 11.9. The summed E-state index contributed by atoms with van der Waals surface area (Å²) in [6.07, 6.45) is -0.389. The minimum atomic E-state index is -0.741. The molecule has 2 spiro atoms. The SMILES string of the molecule is Clc1cc2c(c3ccccc13)-c1ccc(C3=NC(c4ccccc4)N=C(c4ccccc4)N3)cc1C21c2ccccc2Oc2ccccc21.N#Cc1ccc(-c2cc3c(c4ccccc24)-c2ccc(-c4nc(-c5ccccc5)nc(-c5ccccc5)n4)cc2C32c3ccccc3Oc3ccccc32)cc1.N#Cc1ccc([B]O)cc1.O. The highest BCUT2D eigenvalue weighted by Crippen LogP contribution is 2.66. The second kappa shape index (κ2) is 29.6. The molecule has 1 atom stereocenters. The molecule has 16 aromatic carbocycles. The molecule has 17 aromatic rings. The van der Waals surface area contributed by atoms with Crippen LogP contribution in [0.1, 0.15) is 78.5 Å². The van der Waals surface area contributed by atoms with Crippen LogP contribution in [0.5, 0.6) is 23.0 Å².